The van der Waals surface area contributed by atoms with Crippen molar-refractivity contribution in [2.45, 2.75) is 25.1 Å². The molecule has 0 spiro atoms. The molecule has 3 rings (SSSR count). The van der Waals surface area contributed by atoms with Crippen molar-refractivity contribution in [3.05, 3.63) is 77.4 Å². The number of halogens is 3. The van der Waals surface area contributed by atoms with Crippen LogP contribution >= 0.6 is 0 Å². The van der Waals surface area contributed by atoms with Gasteiger partial charge in [0.25, 0.3) is 10.0 Å². The summed E-state index contributed by atoms with van der Waals surface area (Å²) in [4.78, 5) is 11.9. The molecule has 0 fully saturated rings. The van der Waals surface area contributed by atoms with Crippen molar-refractivity contribution in [1.29, 1.82) is 0 Å². The van der Waals surface area contributed by atoms with E-state index in [1.807, 2.05) is 0 Å². The minimum absolute atomic E-state index is 0.0877. The average Bonchev–Trinajstić information content (AvgIpc) is 2.74. The van der Waals surface area contributed by atoms with E-state index < -0.39 is 22.4 Å². The molecule has 33 heavy (non-hydrogen) atoms. The Bertz CT molecular complexity index is 1270. The van der Waals surface area contributed by atoms with E-state index >= 15 is 0 Å². The normalized spacial score (nSPS) is 11.7. The van der Waals surface area contributed by atoms with E-state index in [-0.39, 0.29) is 21.9 Å². The summed E-state index contributed by atoms with van der Waals surface area (Å²) >= 11 is 0. The highest BCUT2D eigenvalue weighted by Gasteiger charge is 2.31. The summed E-state index contributed by atoms with van der Waals surface area (Å²) in [6.07, 6.45) is -4.77. The van der Waals surface area contributed by atoms with Crippen LogP contribution < -0.4 is 9.46 Å². The Kier molecular flexibility index (Phi) is 6.68. The lowest BCUT2D eigenvalue weighted by Gasteiger charge is -2.13. The van der Waals surface area contributed by atoms with Gasteiger partial charge in [0.15, 0.2) is 0 Å². The number of hydrogen-bond donors (Lipinski definition) is 1. The Morgan fingerprint density at radius 1 is 0.909 bits per heavy atom. The van der Waals surface area contributed by atoms with Crippen molar-refractivity contribution in [2.75, 3.05) is 11.8 Å². The van der Waals surface area contributed by atoms with E-state index in [2.05, 4.69) is 9.46 Å². The number of esters is 1. The molecule has 6 nitrogen and oxygen atoms in total. The Hall–Kier alpha value is -3.53. The number of sulfonamides is 1. The fourth-order valence-electron chi connectivity index (χ4n) is 3.10. The van der Waals surface area contributed by atoms with E-state index in [0.717, 1.165) is 0 Å². The van der Waals surface area contributed by atoms with Gasteiger partial charge in [-0.25, -0.2) is 13.2 Å². The summed E-state index contributed by atoms with van der Waals surface area (Å²) in [6.45, 7) is 3.40. The van der Waals surface area contributed by atoms with Crippen LogP contribution in [0.2, 0.25) is 0 Å². The van der Waals surface area contributed by atoms with Crippen LogP contribution in [0.15, 0.2) is 65.6 Å². The van der Waals surface area contributed by atoms with Crippen molar-refractivity contribution in [3.63, 3.8) is 0 Å². The molecule has 0 atom stereocenters. The minimum Gasteiger partial charge on any atom is -0.465 e. The van der Waals surface area contributed by atoms with Gasteiger partial charge in [0.05, 0.1) is 17.6 Å². The average molecular weight is 479 g/mol. The molecule has 0 aliphatic carbocycles. The molecule has 3 aromatic rings. The van der Waals surface area contributed by atoms with Crippen molar-refractivity contribution >= 4 is 21.7 Å². The first-order valence-electron chi connectivity index (χ1n) is 9.58. The van der Waals surface area contributed by atoms with Crippen LogP contribution in [-0.4, -0.2) is 27.9 Å². The van der Waals surface area contributed by atoms with Crippen LogP contribution in [0.3, 0.4) is 0 Å². The van der Waals surface area contributed by atoms with Gasteiger partial charge < -0.3 is 9.47 Å². The standard InChI is InChI=1S/C23H20F3NO5S/c1-14-12-20(13-21(15(14)2)22(28)31-3)33(29,30)27-18-8-4-16(5-9-18)17-6-10-19(11-7-17)32-23(24,25)26/h4-13,27H,1-3H3. The summed E-state index contributed by atoms with van der Waals surface area (Å²) < 4.78 is 73.6. The number of benzene rings is 3. The third kappa shape index (κ3) is 5.83. The SMILES string of the molecule is COC(=O)c1cc(S(=O)(=O)Nc2ccc(-c3ccc(OC(F)(F)F)cc3)cc2)cc(C)c1C. The number of aryl methyl sites for hydroxylation is 1. The molecule has 0 saturated heterocycles. The molecule has 1 N–H and O–H groups in total. The second-order valence-corrected chi connectivity index (χ2v) is 8.84. The highest BCUT2D eigenvalue weighted by atomic mass is 32.2. The number of alkyl halides is 3. The number of anilines is 1. The van der Waals surface area contributed by atoms with Gasteiger partial charge in [-0.3, -0.25) is 4.72 Å². The summed E-state index contributed by atoms with van der Waals surface area (Å²) in [5.74, 6) is -0.973. The fraction of sp³-hybridized carbons (Fsp3) is 0.174. The molecular weight excluding hydrogens is 459 g/mol. The first-order valence-corrected chi connectivity index (χ1v) is 11.1. The van der Waals surface area contributed by atoms with Gasteiger partial charge in [-0.1, -0.05) is 24.3 Å². The van der Waals surface area contributed by atoms with Crippen LogP contribution in [0.25, 0.3) is 11.1 Å². The lowest BCUT2D eigenvalue weighted by molar-refractivity contribution is -0.274. The molecule has 0 radical (unpaired) electrons. The van der Waals surface area contributed by atoms with Gasteiger partial charge >= 0.3 is 12.3 Å². The first-order chi connectivity index (χ1) is 15.4. The topological polar surface area (TPSA) is 81.7 Å². The fourth-order valence-corrected chi connectivity index (χ4v) is 4.27. The van der Waals surface area contributed by atoms with Crippen LogP contribution in [0.1, 0.15) is 21.5 Å². The smallest absolute Gasteiger partial charge is 0.465 e. The maximum absolute atomic E-state index is 12.9. The van der Waals surface area contributed by atoms with Gasteiger partial charge in [0, 0.05) is 5.69 Å². The largest absolute Gasteiger partial charge is 0.573 e. The van der Waals surface area contributed by atoms with E-state index in [1.165, 1.54) is 55.6 Å². The van der Waals surface area contributed by atoms with Crippen molar-refractivity contribution in [1.82, 2.24) is 0 Å². The Morgan fingerprint density at radius 2 is 1.45 bits per heavy atom. The minimum atomic E-state index is -4.77. The maximum Gasteiger partial charge on any atom is 0.573 e. The second-order valence-electron chi connectivity index (χ2n) is 7.16. The van der Waals surface area contributed by atoms with Gasteiger partial charge in [0.1, 0.15) is 5.75 Å². The molecule has 0 amide bonds. The van der Waals surface area contributed by atoms with Gasteiger partial charge in [-0.15, -0.1) is 13.2 Å². The molecule has 0 saturated carbocycles. The highest BCUT2D eigenvalue weighted by Crippen LogP contribution is 2.28. The zero-order valence-corrected chi connectivity index (χ0v) is 18.7. The Balaban J connectivity index is 1.81. The van der Waals surface area contributed by atoms with Crippen molar-refractivity contribution in [3.8, 4) is 16.9 Å². The van der Waals surface area contributed by atoms with Crippen LogP contribution in [-0.2, 0) is 14.8 Å². The quantitative estimate of drug-likeness (QED) is 0.475. The van der Waals surface area contributed by atoms with Crippen LogP contribution in [0.5, 0.6) is 5.75 Å². The van der Waals surface area contributed by atoms with E-state index in [1.54, 1.807) is 26.0 Å². The molecule has 0 heterocycles. The summed E-state index contributed by atoms with van der Waals surface area (Å²) in [5.41, 5.74) is 2.95. The van der Waals surface area contributed by atoms with Gasteiger partial charge in [-0.2, -0.15) is 0 Å². The monoisotopic (exact) mass is 479 g/mol. The number of rotatable bonds is 6. The van der Waals surface area contributed by atoms with E-state index in [4.69, 9.17) is 4.74 Å². The van der Waals surface area contributed by atoms with E-state index in [0.29, 0.717) is 22.3 Å². The number of nitrogens with one attached hydrogen (secondary N) is 1. The lowest BCUT2D eigenvalue weighted by Crippen LogP contribution is -2.16. The summed E-state index contributed by atoms with van der Waals surface area (Å²) in [6, 6.07) is 14.3. The first kappa shape index (κ1) is 24.1. The number of ether oxygens (including phenoxy) is 2. The zero-order valence-electron chi connectivity index (χ0n) is 17.9. The van der Waals surface area contributed by atoms with Crippen LogP contribution in [0.4, 0.5) is 18.9 Å². The summed E-state index contributed by atoms with van der Waals surface area (Å²) in [5, 5.41) is 0. The molecule has 0 aliphatic rings. The third-order valence-corrected chi connectivity index (χ3v) is 6.28. The predicted octanol–water partition coefficient (Wildman–Crippen LogP) is 5.46. The van der Waals surface area contributed by atoms with Crippen molar-refractivity contribution < 1.29 is 35.9 Å². The van der Waals surface area contributed by atoms with E-state index in [9.17, 15) is 26.4 Å². The molecule has 0 aromatic heterocycles. The number of carbonyl (C=O) groups is 1. The molecule has 0 aliphatic heterocycles. The molecule has 3 aromatic carbocycles. The number of methoxy groups -OCH3 is 1. The lowest BCUT2D eigenvalue weighted by atomic mass is 10.0. The third-order valence-electron chi connectivity index (χ3n) is 4.91. The van der Waals surface area contributed by atoms with Crippen molar-refractivity contribution in [2.24, 2.45) is 0 Å². The highest BCUT2D eigenvalue weighted by molar-refractivity contribution is 7.92. The second kappa shape index (κ2) is 9.14. The molecule has 10 heteroatoms. The molecule has 174 valence electrons. The molecule has 0 unspecified atom stereocenters. The summed E-state index contributed by atoms with van der Waals surface area (Å²) in [7, 11) is -2.78. The number of hydrogen-bond acceptors (Lipinski definition) is 5. The maximum atomic E-state index is 12.9. The Morgan fingerprint density at radius 3 is 1.97 bits per heavy atom. The number of carbonyl (C=O) groups excluding carboxylic acids is 1. The molecule has 0 bridgehead atoms. The van der Waals surface area contributed by atoms with Gasteiger partial charge in [0.2, 0.25) is 0 Å². The van der Waals surface area contributed by atoms with Crippen LogP contribution in [0, 0.1) is 13.8 Å². The Labute approximate surface area is 189 Å². The zero-order chi connectivity index (χ0) is 24.4. The molecular formula is C23H20F3NO5S. The predicted molar refractivity (Wildman–Crippen MR) is 117 cm³/mol. The van der Waals surface area contributed by atoms with Gasteiger partial charge in [-0.05, 0) is 72.5 Å².